The molecule has 0 spiro atoms. The van der Waals surface area contributed by atoms with Crippen molar-refractivity contribution in [3.63, 3.8) is 0 Å². The van der Waals surface area contributed by atoms with Crippen LogP contribution in [-0.4, -0.2) is 18.5 Å². The van der Waals surface area contributed by atoms with Gasteiger partial charge < -0.3 is 4.90 Å². The number of hydrogen-bond donors (Lipinski definition) is 0. The Morgan fingerprint density at radius 1 is 1.50 bits per heavy atom. The van der Waals surface area contributed by atoms with Gasteiger partial charge in [-0.15, -0.1) is 18.2 Å². The zero-order chi connectivity index (χ0) is 9.97. The normalized spacial score (nSPS) is 19.5. The summed E-state index contributed by atoms with van der Waals surface area (Å²) in [5.74, 6) is 0.683. The SMILES string of the molecule is C=CCN1c2ccccc2CC1CCl. The molecule has 1 heterocycles. The summed E-state index contributed by atoms with van der Waals surface area (Å²) in [5, 5.41) is 0. The van der Waals surface area contributed by atoms with Crippen LogP contribution < -0.4 is 4.90 Å². The van der Waals surface area contributed by atoms with Crippen LogP contribution in [0.25, 0.3) is 0 Å². The van der Waals surface area contributed by atoms with Crippen LogP contribution in [0.2, 0.25) is 0 Å². The Morgan fingerprint density at radius 2 is 2.29 bits per heavy atom. The number of nitrogens with zero attached hydrogens (tertiary/aromatic N) is 1. The van der Waals surface area contributed by atoms with Gasteiger partial charge in [-0.25, -0.2) is 0 Å². The van der Waals surface area contributed by atoms with Crippen LogP contribution in [0.5, 0.6) is 0 Å². The number of anilines is 1. The number of rotatable bonds is 3. The lowest BCUT2D eigenvalue weighted by Gasteiger charge is -2.24. The Labute approximate surface area is 90.0 Å². The highest BCUT2D eigenvalue weighted by Gasteiger charge is 2.26. The molecule has 0 fully saturated rings. The minimum Gasteiger partial charge on any atom is -0.363 e. The lowest BCUT2D eigenvalue weighted by molar-refractivity contribution is 0.713. The minimum absolute atomic E-state index is 0.437. The summed E-state index contributed by atoms with van der Waals surface area (Å²) in [5.41, 5.74) is 2.72. The third-order valence-corrected chi connectivity index (χ3v) is 3.06. The summed E-state index contributed by atoms with van der Waals surface area (Å²) in [6.45, 7) is 4.66. The van der Waals surface area contributed by atoms with E-state index in [1.165, 1.54) is 11.3 Å². The lowest BCUT2D eigenvalue weighted by Crippen LogP contribution is -2.33. The third-order valence-electron chi connectivity index (χ3n) is 2.70. The van der Waals surface area contributed by atoms with Crippen LogP contribution in [0.3, 0.4) is 0 Å². The lowest BCUT2D eigenvalue weighted by atomic mass is 10.1. The molecule has 1 aromatic carbocycles. The zero-order valence-corrected chi connectivity index (χ0v) is 8.87. The van der Waals surface area contributed by atoms with Crippen LogP contribution in [0.1, 0.15) is 5.56 Å². The molecule has 1 aliphatic rings. The standard InChI is InChI=1S/C12H14ClN/c1-2-7-14-11(9-13)8-10-5-3-4-6-12(10)14/h2-6,11H,1,7-9H2. The van der Waals surface area contributed by atoms with Crippen LogP contribution in [-0.2, 0) is 6.42 Å². The van der Waals surface area contributed by atoms with Crippen LogP contribution in [0.15, 0.2) is 36.9 Å². The van der Waals surface area contributed by atoms with Gasteiger partial charge in [0.05, 0.1) is 0 Å². The van der Waals surface area contributed by atoms with Crippen molar-refractivity contribution in [1.29, 1.82) is 0 Å². The first-order valence-electron chi connectivity index (χ1n) is 4.88. The Hall–Kier alpha value is -0.950. The Bertz CT molecular complexity index is 335. The molecule has 1 unspecified atom stereocenters. The first kappa shape index (κ1) is 9.60. The molecule has 0 amide bonds. The number of halogens is 1. The van der Waals surface area contributed by atoms with Gasteiger partial charge in [-0.1, -0.05) is 24.3 Å². The average Bonchev–Trinajstić information content (AvgIpc) is 2.58. The molecule has 0 radical (unpaired) electrons. The number of fused-ring (bicyclic) bond motifs is 1. The van der Waals surface area contributed by atoms with E-state index in [0.717, 1.165) is 13.0 Å². The molecule has 0 N–H and O–H groups in total. The molecule has 2 heteroatoms. The minimum atomic E-state index is 0.437. The van der Waals surface area contributed by atoms with Gasteiger partial charge in [-0.05, 0) is 18.1 Å². The van der Waals surface area contributed by atoms with Crippen molar-refractivity contribution in [3.8, 4) is 0 Å². The predicted octanol–water partition coefficient (Wildman–Crippen LogP) is 2.84. The summed E-state index contributed by atoms with van der Waals surface area (Å²) >= 11 is 5.95. The maximum atomic E-state index is 5.95. The maximum Gasteiger partial charge on any atom is 0.0470 e. The van der Waals surface area contributed by atoms with E-state index in [1.54, 1.807) is 0 Å². The van der Waals surface area contributed by atoms with Crippen molar-refractivity contribution in [2.45, 2.75) is 12.5 Å². The summed E-state index contributed by atoms with van der Waals surface area (Å²) in [7, 11) is 0. The van der Waals surface area contributed by atoms with Crippen molar-refractivity contribution in [3.05, 3.63) is 42.5 Å². The van der Waals surface area contributed by atoms with E-state index in [0.29, 0.717) is 11.9 Å². The predicted molar refractivity (Wildman–Crippen MR) is 62.2 cm³/mol. The molecule has 2 rings (SSSR count). The molecule has 74 valence electrons. The van der Waals surface area contributed by atoms with Crippen molar-refractivity contribution in [2.75, 3.05) is 17.3 Å². The van der Waals surface area contributed by atoms with Gasteiger partial charge in [0.25, 0.3) is 0 Å². The van der Waals surface area contributed by atoms with Crippen molar-refractivity contribution in [2.24, 2.45) is 0 Å². The first-order valence-corrected chi connectivity index (χ1v) is 5.41. The van der Waals surface area contributed by atoms with E-state index in [1.807, 2.05) is 6.08 Å². The largest absolute Gasteiger partial charge is 0.363 e. The van der Waals surface area contributed by atoms with E-state index in [4.69, 9.17) is 11.6 Å². The fraction of sp³-hybridized carbons (Fsp3) is 0.333. The average molecular weight is 208 g/mol. The number of para-hydroxylation sites is 1. The summed E-state index contributed by atoms with van der Waals surface area (Å²) < 4.78 is 0. The Kier molecular flexibility index (Phi) is 2.78. The molecule has 1 aromatic rings. The highest BCUT2D eigenvalue weighted by molar-refractivity contribution is 6.18. The molecule has 0 saturated heterocycles. The van der Waals surface area contributed by atoms with Gasteiger partial charge in [-0.3, -0.25) is 0 Å². The molecule has 0 saturated carbocycles. The number of benzene rings is 1. The Balaban J connectivity index is 2.31. The van der Waals surface area contributed by atoms with Gasteiger partial charge >= 0.3 is 0 Å². The van der Waals surface area contributed by atoms with Crippen LogP contribution in [0.4, 0.5) is 5.69 Å². The zero-order valence-electron chi connectivity index (χ0n) is 8.12. The van der Waals surface area contributed by atoms with Crippen LogP contribution in [0, 0.1) is 0 Å². The molecular weight excluding hydrogens is 194 g/mol. The fourth-order valence-corrected chi connectivity index (χ4v) is 2.32. The molecule has 14 heavy (non-hydrogen) atoms. The van der Waals surface area contributed by atoms with Crippen molar-refractivity contribution >= 4 is 17.3 Å². The van der Waals surface area contributed by atoms with E-state index >= 15 is 0 Å². The second kappa shape index (κ2) is 4.05. The summed E-state index contributed by atoms with van der Waals surface area (Å²) in [6, 6.07) is 8.93. The topological polar surface area (TPSA) is 3.24 Å². The third kappa shape index (κ3) is 1.53. The van der Waals surface area contributed by atoms with Crippen molar-refractivity contribution in [1.82, 2.24) is 0 Å². The monoisotopic (exact) mass is 207 g/mol. The summed E-state index contributed by atoms with van der Waals surface area (Å²) in [4.78, 5) is 2.33. The number of alkyl halides is 1. The second-order valence-electron chi connectivity index (χ2n) is 3.58. The van der Waals surface area contributed by atoms with E-state index in [2.05, 4.69) is 35.7 Å². The fourth-order valence-electron chi connectivity index (χ4n) is 2.05. The van der Waals surface area contributed by atoms with Crippen LogP contribution >= 0.6 is 11.6 Å². The molecule has 0 aliphatic carbocycles. The molecular formula is C12H14ClN. The first-order chi connectivity index (χ1) is 6.86. The van der Waals surface area contributed by atoms with Gasteiger partial charge in [0.15, 0.2) is 0 Å². The van der Waals surface area contributed by atoms with E-state index < -0.39 is 0 Å². The maximum absolute atomic E-state index is 5.95. The highest BCUT2D eigenvalue weighted by Crippen LogP contribution is 2.31. The molecule has 1 nitrogen and oxygen atoms in total. The quantitative estimate of drug-likeness (QED) is 0.544. The highest BCUT2D eigenvalue weighted by atomic mass is 35.5. The van der Waals surface area contributed by atoms with Gasteiger partial charge in [0.2, 0.25) is 0 Å². The second-order valence-corrected chi connectivity index (χ2v) is 3.89. The Morgan fingerprint density at radius 3 is 3.00 bits per heavy atom. The van der Waals surface area contributed by atoms with E-state index in [9.17, 15) is 0 Å². The van der Waals surface area contributed by atoms with E-state index in [-0.39, 0.29) is 0 Å². The molecule has 0 bridgehead atoms. The molecule has 1 atom stereocenters. The molecule has 1 aliphatic heterocycles. The van der Waals surface area contributed by atoms with Crippen molar-refractivity contribution < 1.29 is 0 Å². The number of hydrogen-bond acceptors (Lipinski definition) is 1. The van der Waals surface area contributed by atoms with Gasteiger partial charge in [-0.2, -0.15) is 0 Å². The summed E-state index contributed by atoms with van der Waals surface area (Å²) in [6.07, 6.45) is 3.00. The molecule has 0 aromatic heterocycles. The van der Waals surface area contributed by atoms with Gasteiger partial charge in [0, 0.05) is 24.2 Å². The smallest absolute Gasteiger partial charge is 0.0470 e. The van der Waals surface area contributed by atoms with Gasteiger partial charge in [0.1, 0.15) is 0 Å².